The van der Waals surface area contributed by atoms with Gasteiger partial charge in [0.05, 0.1) is 0 Å². The quantitative estimate of drug-likeness (QED) is 0.671. The first-order valence-electron chi connectivity index (χ1n) is 7.12. The molecule has 0 bridgehead atoms. The minimum Gasteiger partial charge on any atom is -0.311 e. The molecule has 0 aromatic heterocycles. The Balaban J connectivity index is 2.27. The largest absolute Gasteiger partial charge is 0.311 e. The molecule has 1 aromatic carbocycles. The van der Waals surface area contributed by atoms with Crippen LogP contribution in [0.2, 0.25) is 0 Å². The van der Waals surface area contributed by atoms with E-state index in [9.17, 15) is 0 Å². The molecule has 1 nitrogen and oxygen atoms in total. The van der Waals surface area contributed by atoms with Crippen molar-refractivity contribution in [1.82, 2.24) is 5.32 Å². The number of hydrogen-bond donors (Lipinski definition) is 1. The molecule has 0 spiro atoms. The van der Waals surface area contributed by atoms with Gasteiger partial charge in [0.25, 0.3) is 0 Å². The zero-order valence-corrected chi connectivity index (χ0v) is 13.5. The predicted molar refractivity (Wildman–Crippen MR) is 84.0 cm³/mol. The number of nitrogens with one attached hydrogen (secondary N) is 1. The maximum absolute atomic E-state index is 3.69. The van der Waals surface area contributed by atoms with E-state index in [0.29, 0.717) is 12.1 Å². The van der Waals surface area contributed by atoms with Crippen LogP contribution in [0.3, 0.4) is 0 Å². The number of unbranched alkanes of at least 4 members (excludes halogenated alkanes) is 2. The fraction of sp³-hybridized carbons (Fsp3) is 0.625. The maximum Gasteiger partial charge on any atom is 0.0175 e. The van der Waals surface area contributed by atoms with E-state index in [1.54, 1.807) is 0 Å². The molecular weight excluding hydrogens is 286 g/mol. The SMILES string of the molecule is CCCCCC(C)NC(C)Cc1ccc(Br)cc1. The number of rotatable bonds is 8. The summed E-state index contributed by atoms with van der Waals surface area (Å²) in [5.74, 6) is 0. The summed E-state index contributed by atoms with van der Waals surface area (Å²) in [5, 5.41) is 3.69. The molecule has 18 heavy (non-hydrogen) atoms. The molecule has 2 unspecified atom stereocenters. The molecule has 0 aliphatic rings. The van der Waals surface area contributed by atoms with Crippen molar-refractivity contribution in [3.05, 3.63) is 34.3 Å². The van der Waals surface area contributed by atoms with E-state index >= 15 is 0 Å². The summed E-state index contributed by atoms with van der Waals surface area (Å²) in [5.41, 5.74) is 1.40. The molecule has 0 amide bonds. The third-order valence-electron chi connectivity index (χ3n) is 3.26. The molecule has 0 heterocycles. The van der Waals surface area contributed by atoms with E-state index in [1.165, 1.54) is 31.2 Å². The molecule has 1 rings (SSSR count). The van der Waals surface area contributed by atoms with Crippen LogP contribution >= 0.6 is 15.9 Å². The van der Waals surface area contributed by atoms with Crippen molar-refractivity contribution in [2.75, 3.05) is 0 Å². The molecule has 0 radical (unpaired) electrons. The van der Waals surface area contributed by atoms with Crippen molar-refractivity contribution in [1.29, 1.82) is 0 Å². The molecule has 0 saturated carbocycles. The van der Waals surface area contributed by atoms with Crippen LogP contribution in [0.4, 0.5) is 0 Å². The Bertz CT molecular complexity index is 320. The van der Waals surface area contributed by atoms with Crippen molar-refractivity contribution in [3.8, 4) is 0 Å². The average Bonchev–Trinajstić information content (AvgIpc) is 2.32. The van der Waals surface area contributed by atoms with Gasteiger partial charge in [-0.15, -0.1) is 0 Å². The normalized spacial score (nSPS) is 14.4. The van der Waals surface area contributed by atoms with Gasteiger partial charge in [0.2, 0.25) is 0 Å². The molecular formula is C16H26BrN. The molecule has 1 N–H and O–H groups in total. The fourth-order valence-electron chi connectivity index (χ4n) is 2.30. The lowest BCUT2D eigenvalue weighted by atomic mass is 10.0. The first-order valence-corrected chi connectivity index (χ1v) is 7.91. The zero-order valence-electron chi connectivity index (χ0n) is 11.9. The minimum absolute atomic E-state index is 0.544. The van der Waals surface area contributed by atoms with Crippen molar-refractivity contribution in [2.45, 2.75) is 65.0 Å². The van der Waals surface area contributed by atoms with Gasteiger partial charge in [-0.1, -0.05) is 54.2 Å². The summed E-state index contributed by atoms with van der Waals surface area (Å²) in [6.07, 6.45) is 6.40. The van der Waals surface area contributed by atoms with Crippen molar-refractivity contribution >= 4 is 15.9 Å². The Hall–Kier alpha value is -0.340. The third kappa shape index (κ3) is 6.55. The van der Waals surface area contributed by atoms with Gasteiger partial charge in [-0.05, 0) is 44.4 Å². The Labute approximate surface area is 120 Å². The van der Waals surface area contributed by atoms with Crippen LogP contribution in [0.15, 0.2) is 28.7 Å². The zero-order chi connectivity index (χ0) is 13.4. The number of hydrogen-bond acceptors (Lipinski definition) is 1. The topological polar surface area (TPSA) is 12.0 Å². The van der Waals surface area contributed by atoms with E-state index in [4.69, 9.17) is 0 Å². The van der Waals surface area contributed by atoms with Gasteiger partial charge in [0.15, 0.2) is 0 Å². The first-order chi connectivity index (χ1) is 8.61. The van der Waals surface area contributed by atoms with Gasteiger partial charge in [-0.3, -0.25) is 0 Å². The monoisotopic (exact) mass is 311 g/mol. The lowest BCUT2D eigenvalue weighted by Gasteiger charge is -2.20. The van der Waals surface area contributed by atoms with E-state index < -0.39 is 0 Å². The Kier molecular flexibility index (Phi) is 7.60. The smallest absolute Gasteiger partial charge is 0.0175 e. The maximum atomic E-state index is 3.69. The van der Waals surface area contributed by atoms with Gasteiger partial charge in [-0.25, -0.2) is 0 Å². The van der Waals surface area contributed by atoms with Crippen LogP contribution in [-0.2, 0) is 6.42 Å². The second kappa shape index (κ2) is 8.71. The van der Waals surface area contributed by atoms with Crippen LogP contribution in [0, 0.1) is 0 Å². The Morgan fingerprint density at radius 2 is 1.72 bits per heavy atom. The second-order valence-electron chi connectivity index (χ2n) is 5.30. The van der Waals surface area contributed by atoms with Gasteiger partial charge in [0.1, 0.15) is 0 Å². The highest BCUT2D eigenvalue weighted by atomic mass is 79.9. The third-order valence-corrected chi connectivity index (χ3v) is 3.79. The highest BCUT2D eigenvalue weighted by molar-refractivity contribution is 9.10. The molecule has 0 fully saturated rings. The summed E-state index contributed by atoms with van der Waals surface area (Å²) >= 11 is 3.47. The highest BCUT2D eigenvalue weighted by Crippen LogP contribution is 2.12. The highest BCUT2D eigenvalue weighted by Gasteiger charge is 2.07. The van der Waals surface area contributed by atoms with Gasteiger partial charge in [0, 0.05) is 16.6 Å². The summed E-state index contributed by atoms with van der Waals surface area (Å²) in [6.45, 7) is 6.83. The van der Waals surface area contributed by atoms with Crippen molar-refractivity contribution in [3.63, 3.8) is 0 Å². The number of halogens is 1. The summed E-state index contributed by atoms with van der Waals surface area (Å²) in [7, 11) is 0. The Morgan fingerprint density at radius 1 is 1.06 bits per heavy atom. The molecule has 0 saturated heterocycles. The van der Waals surface area contributed by atoms with Crippen LogP contribution in [0.5, 0.6) is 0 Å². The molecule has 102 valence electrons. The Morgan fingerprint density at radius 3 is 2.33 bits per heavy atom. The van der Waals surface area contributed by atoms with E-state index in [0.717, 1.165) is 10.9 Å². The summed E-state index contributed by atoms with van der Waals surface area (Å²) in [4.78, 5) is 0. The fourth-order valence-corrected chi connectivity index (χ4v) is 2.57. The molecule has 1 aromatic rings. The molecule has 0 aliphatic carbocycles. The first kappa shape index (κ1) is 15.7. The molecule has 2 heteroatoms. The van der Waals surface area contributed by atoms with E-state index in [1.807, 2.05) is 0 Å². The lowest BCUT2D eigenvalue weighted by molar-refractivity contribution is 0.430. The lowest BCUT2D eigenvalue weighted by Crippen LogP contribution is -2.35. The summed E-state index contributed by atoms with van der Waals surface area (Å²) in [6, 6.07) is 9.80. The minimum atomic E-state index is 0.544. The van der Waals surface area contributed by atoms with Gasteiger partial charge in [-0.2, -0.15) is 0 Å². The van der Waals surface area contributed by atoms with Crippen molar-refractivity contribution in [2.24, 2.45) is 0 Å². The number of benzene rings is 1. The van der Waals surface area contributed by atoms with E-state index in [-0.39, 0.29) is 0 Å². The van der Waals surface area contributed by atoms with Crippen LogP contribution < -0.4 is 5.32 Å². The van der Waals surface area contributed by atoms with E-state index in [2.05, 4.69) is 66.3 Å². The van der Waals surface area contributed by atoms with Gasteiger partial charge >= 0.3 is 0 Å². The van der Waals surface area contributed by atoms with Gasteiger partial charge < -0.3 is 5.32 Å². The summed E-state index contributed by atoms with van der Waals surface area (Å²) < 4.78 is 1.15. The molecule has 2 atom stereocenters. The average molecular weight is 312 g/mol. The van der Waals surface area contributed by atoms with Crippen LogP contribution in [0.1, 0.15) is 52.0 Å². The predicted octanol–water partition coefficient (Wildman–Crippen LogP) is 4.94. The van der Waals surface area contributed by atoms with Crippen LogP contribution in [0.25, 0.3) is 0 Å². The molecule has 0 aliphatic heterocycles. The second-order valence-corrected chi connectivity index (χ2v) is 6.21. The van der Waals surface area contributed by atoms with Crippen LogP contribution in [-0.4, -0.2) is 12.1 Å². The standard InChI is InChI=1S/C16H26BrN/c1-4-5-6-7-13(2)18-14(3)12-15-8-10-16(17)11-9-15/h8-11,13-14,18H,4-7,12H2,1-3H3. The van der Waals surface area contributed by atoms with Crippen molar-refractivity contribution < 1.29 is 0 Å².